The molecule has 0 aromatic carbocycles. The second-order valence-electron chi connectivity index (χ2n) is 2.55. The number of aromatic nitrogens is 1. The molecule has 1 unspecified atom stereocenters. The Morgan fingerprint density at radius 1 is 1.85 bits per heavy atom. The Labute approximate surface area is 79.8 Å². The molecule has 4 N–H and O–H groups in total. The molecule has 0 saturated heterocycles. The molecule has 13 heavy (non-hydrogen) atoms. The molecule has 0 fully saturated rings. The van der Waals surface area contributed by atoms with E-state index in [9.17, 15) is 4.79 Å². The van der Waals surface area contributed by atoms with E-state index in [0.29, 0.717) is 12.3 Å². The number of primary amides is 1. The summed E-state index contributed by atoms with van der Waals surface area (Å²) < 4.78 is 8.84. The van der Waals surface area contributed by atoms with Gasteiger partial charge in [0.25, 0.3) is 0 Å². The van der Waals surface area contributed by atoms with E-state index in [2.05, 4.69) is 4.37 Å². The summed E-state index contributed by atoms with van der Waals surface area (Å²) in [7, 11) is 1.53. The van der Waals surface area contributed by atoms with Crippen LogP contribution in [0.2, 0.25) is 0 Å². The van der Waals surface area contributed by atoms with Gasteiger partial charge in [0, 0.05) is 17.4 Å². The van der Waals surface area contributed by atoms with Crippen LogP contribution in [0.25, 0.3) is 0 Å². The largest absolute Gasteiger partial charge is 0.480 e. The maximum Gasteiger partial charge on any atom is 0.234 e. The monoisotopic (exact) mass is 201 g/mol. The summed E-state index contributed by atoms with van der Waals surface area (Å²) in [5.74, 6) is 0.0315. The first kappa shape index (κ1) is 9.94. The summed E-state index contributed by atoms with van der Waals surface area (Å²) in [6.07, 6.45) is 0.413. The second kappa shape index (κ2) is 4.20. The molecule has 1 amide bonds. The quantitative estimate of drug-likeness (QED) is 0.687. The highest BCUT2D eigenvalue weighted by Crippen LogP contribution is 2.16. The predicted molar refractivity (Wildman–Crippen MR) is 49.5 cm³/mol. The zero-order valence-corrected chi connectivity index (χ0v) is 8.00. The fourth-order valence-corrected chi connectivity index (χ4v) is 1.55. The van der Waals surface area contributed by atoms with E-state index in [-0.39, 0.29) is 0 Å². The number of nitrogens with two attached hydrogens (primary N) is 2. The molecule has 0 radical (unpaired) electrons. The van der Waals surface area contributed by atoms with Crippen molar-refractivity contribution in [3.63, 3.8) is 0 Å². The topological polar surface area (TPSA) is 91.2 Å². The molecule has 6 heteroatoms. The lowest BCUT2D eigenvalue weighted by Crippen LogP contribution is -2.37. The molecule has 1 rings (SSSR count). The highest BCUT2D eigenvalue weighted by molar-refractivity contribution is 7.05. The molecule has 1 heterocycles. The number of carbonyl (C=O) groups excluding carboxylic acids is 1. The highest BCUT2D eigenvalue weighted by atomic mass is 32.1. The average Bonchev–Trinajstić information content (AvgIpc) is 2.52. The molecule has 72 valence electrons. The van der Waals surface area contributed by atoms with E-state index in [4.69, 9.17) is 16.2 Å². The van der Waals surface area contributed by atoms with Gasteiger partial charge in [0.2, 0.25) is 11.8 Å². The minimum atomic E-state index is -0.648. The normalized spacial score (nSPS) is 12.5. The van der Waals surface area contributed by atoms with Crippen LogP contribution in [0.4, 0.5) is 0 Å². The minimum Gasteiger partial charge on any atom is -0.480 e. The third-order valence-corrected chi connectivity index (χ3v) is 2.32. The first-order chi connectivity index (χ1) is 6.13. The first-order valence-corrected chi connectivity index (χ1v) is 4.45. The van der Waals surface area contributed by atoms with Crippen molar-refractivity contribution in [3.8, 4) is 5.88 Å². The van der Waals surface area contributed by atoms with E-state index in [1.807, 2.05) is 0 Å². The summed E-state index contributed by atoms with van der Waals surface area (Å²) in [6.45, 7) is 0. The molecule has 0 aliphatic rings. The second-order valence-corrected chi connectivity index (χ2v) is 3.44. The number of carbonyl (C=O) groups is 1. The van der Waals surface area contributed by atoms with Gasteiger partial charge in [-0.15, -0.1) is 0 Å². The third-order valence-electron chi connectivity index (χ3n) is 1.53. The van der Waals surface area contributed by atoms with Crippen LogP contribution in [0.1, 0.15) is 4.88 Å². The van der Waals surface area contributed by atoms with Crippen LogP contribution < -0.4 is 16.2 Å². The maximum absolute atomic E-state index is 10.6. The van der Waals surface area contributed by atoms with E-state index < -0.39 is 11.9 Å². The van der Waals surface area contributed by atoms with Gasteiger partial charge in [-0.25, -0.2) is 0 Å². The minimum absolute atomic E-state index is 0.413. The number of rotatable bonds is 4. The predicted octanol–water partition coefficient (Wildman–Crippen LogP) is -0.493. The molecule has 5 nitrogen and oxygen atoms in total. The number of amides is 1. The van der Waals surface area contributed by atoms with Crippen LogP contribution >= 0.6 is 11.5 Å². The summed E-state index contributed by atoms with van der Waals surface area (Å²) >= 11 is 1.26. The molecule has 1 aromatic rings. The van der Waals surface area contributed by atoms with Crippen molar-refractivity contribution < 1.29 is 9.53 Å². The van der Waals surface area contributed by atoms with Gasteiger partial charge in [0.1, 0.15) is 0 Å². The van der Waals surface area contributed by atoms with Crippen LogP contribution in [-0.4, -0.2) is 23.4 Å². The Morgan fingerprint density at radius 3 is 3.00 bits per heavy atom. The summed E-state index contributed by atoms with van der Waals surface area (Å²) in [5.41, 5.74) is 10.5. The Balaban J connectivity index is 2.58. The van der Waals surface area contributed by atoms with Gasteiger partial charge in [-0.1, -0.05) is 0 Å². The van der Waals surface area contributed by atoms with Crippen LogP contribution in [0.5, 0.6) is 5.88 Å². The number of ether oxygens (including phenoxy) is 1. The van der Waals surface area contributed by atoms with Gasteiger partial charge in [0.05, 0.1) is 13.2 Å². The van der Waals surface area contributed by atoms with Crippen molar-refractivity contribution in [3.05, 3.63) is 10.9 Å². The molecule has 0 aliphatic carbocycles. The molecule has 0 aliphatic heterocycles. The molecule has 0 bridgehead atoms. The van der Waals surface area contributed by atoms with E-state index >= 15 is 0 Å². The average molecular weight is 201 g/mol. The Kier molecular flexibility index (Phi) is 3.21. The van der Waals surface area contributed by atoms with Crippen molar-refractivity contribution in [2.24, 2.45) is 11.5 Å². The van der Waals surface area contributed by atoms with E-state index in [1.54, 1.807) is 6.07 Å². The molecule has 0 saturated carbocycles. The lowest BCUT2D eigenvalue weighted by molar-refractivity contribution is -0.119. The standard InChI is InChI=1S/C7H11N3O2S/c1-12-6-3-4(13-10-6)2-5(8)7(9)11/h3,5H,2,8H2,1H3,(H2,9,11). The lowest BCUT2D eigenvalue weighted by atomic mass is 10.2. The highest BCUT2D eigenvalue weighted by Gasteiger charge is 2.12. The number of nitrogens with zero attached hydrogens (tertiary/aromatic N) is 1. The van der Waals surface area contributed by atoms with Crippen molar-refractivity contribution in [1.82, 2.24) is 4.37 Å². The molecule has 0 spiro atoms. The fourth-order valence-electron chi connectivity index (χ4n) is 0.804. The van der Waals surface area contributed by atoms with Gasteiger partial charge in [0.15, 0.2) is 0 Å². The third kappa shape index (κ3) is 2.67. The summed E-state index contributed by atoms with van der Waals surface area (Å²) in [5, 5.41) is 0. The molecule has 1 atom stereocenters. The zero-order valence-electron chi connectivity index (χ0n) is 7.19. The van der Waals surface area contributed by atoms with Gasteiger partial charge in [-0.05, 0) is 11.5 Å². The number of methoxy groups -OCH3 is 1. The van der Waals surface area contributed by atoms with Gasteiger partial charge < -0.3 is 16.2 Å². The van der Waals surface area contributed by atoms with E-state index in [1.165, 1.54) is 18.6 Å². The van der Waals surface area contributed by atoms with Crippen molar-refractivity contribution in [1.29, 1.82) is 0 Å². The summed E-state index contributed by atoms with van der Waals surface area (Å²) in [4.78, 5) is 11.5. The van der Waals surface area contributed by atoms with Crippen molar-refractivity contribution >= 4 is 17.4 Å². The van der Waals surface area contributed by atoms with Crippen LogP contribution in [0.3, 0.4) is 0 Å². The summed E-state index contributed by atoms with van der Waals surface area (Å²) in [6, 6.07) is 1.10. The van der Waals surface area contributed by atoms with Crippen LogP contribution in [0.15, 0.2) is 6.07 Å². The van der Waals surface area contributed by atoms with Gasteiger partial charge in [-0.2, -0.15) is 4.37 Å². The van der Waals surface area contributed by atoms with Crippen molar-refractivity contribution in [2.45, 2.75) is 12.5 Å². The van der Waals surface area contributed by atoms with Crippen LogP contribution in [-0.2, 0) is 11.2 Å². The smallest absolute Gasteiger partial charge is 0.234 e. The Bertz CT molecular complexity index is 300. The van der Waals surface area contributed by atoms with Gasteiger partial charge in [-0.3, -0.25) is 4.79 Å². The Hall–Kier alpha value is -1.14. The van der Waals surface area contributed by atoms with Gasteiger partial charge >= 0.3 is 0 Å². The number of hydrogen-bond acceptors (Lipinski definition) is 5. The van der Waals surface area contributed by atoms with Crippen LogP contribution in [0, 0.1) is 0 Å². The molecular formula is C7H11N3O2S. The Morgan fingerprint density at radius 2 is 2.54 bits per heavy atom. The molecular weight excluding hydrogens is 190 g/mol. The maximum atomic E-state index is 10.6. The van der Waals surface area contributed by atoms with Crippen molar-refractivity contribution in [2.75, 3.05) is 7.11 Å². The molecule has 1 aromatic heterocycles. The fraction of sp³-hybridized carbons (Fsp3) is 0.429. The number of hydrogen-bond donors (Lipinski definition) is 2. The lowest BCUT2D eigenvalue weighted by Gasteiger charge is -2.02. The first-order valence-electron chi connectivity index (χ1n) is 3.68. The zero-order chi connectivity index (χ0) is 9.84. The SMILES string of the molecule is COc1cc(CC(N)C(N)=O)sn1. The van der Waals surface area contributed by atoms with E-state index in [0.717, 1.165) is 4.88 Å².